The molecule has 2 saturated heterocycles. The van der Waals surface area contributed by atoms with E-state index in [1.165, 1.54) is 42.4 Å². The molecule has 0 saturated carbocycles. The van der Waals surface area contributed by atoms with Gasteiger partial charge in [-0.3, -0.25) is 4.90 Å². The third kappa shape index (κ3) is 6.63. The van der Waals surface area contributed by atoms with Gasteiger partial charge in [-0.2, -0.15) is 0 Å². The average Bonchev–Trinajstić information content (AvgIpc) is 3.15. The number of aryl methyl sites for hydroxylation is 1. The number of phenols is 1. The summed E-state index contributed by atoms with van der Waals surface area (Å²) in [5.74, 6) is -3.08. The summed E-state index contributed by atoms with van der Waals surface area (Å²) in [6.07, 6.45) is 5.82. The van der Waals surface area contributed by atoms with Crippen molar-refractivity contribution in [1.29, 1.82) is 0 Å². The number of carbonyl (C=O) groups is 2. The molecule has 11 heteroatoms. The van der Waals surface area contributed by atoms with E-state index in [1.54, 1.807) is 32.3 Å². The summed E-state index contributed by atoms with van der Waals surface area (Å²) in [5.41, 5.74) is 2.86. The molecular formula is C35H34F3N3O5. The number of aromatic hydroxyl groups is 1. The molecule has 1 N–H and O–H groups in total. The first kappa shape index (κ1) is 32.3. The van der Waals surface area contributed by atoms with Gasteiger partial charge < -0.3 is 19.5 Å². The van der Waals surface area contributed by atoms with E-state index in [9.17, 15) is 23.5 Å². The number of hydrogen-bond acceptors (Lipinski definition) is 6. The topological polar surface area (TPSA) is 91.7 Å². The lowest BCUT2D eigenvalue weighted by molar-refractivity contribution is 0.0600. The van der Waals surface area contributed by atoms with E-state index in [4.69, 9.17) is 9.47 Å². The number of esters is 1. The third-order valence-corrected chi connectivity index (χ3v) is 8.31. The molecule has 2 aromatic rings. The van der Waals surface area contributed by atoms with Gasteiger partial charge in [-0.15, -0.1) is 0 Å². The van der Waals surface area contributed by atoms with Crippen molar-refractivity contribution in [3.63, 3.8) is 0 Å². The minimum absolute atomic E-state index is 0.0614. The molecule has 2 heterocycles. The Labute approximate surface area is 265 Å². The van der Waals surface area contributed by atoms with Crippen LogP contribution in [-0.4, -0.2) is 72.2 Å². The van der Waals surface area contributed by atoms with Crippen LogP contribution in [0.4, 0.5) is 18.0 Å². The van der Waals surface area contributed by atoms with Gasteiger partial charge in [-0.25, -0.2) is 27.8 Å². The maximum atomic E-state index is 15.4. The number of carbonyl (C=O) groups excluding carboxylic acids is 2. The number of amides is 1. The molecule has 0 aromatic heterocycles. The second-order valence-corrected chi connectivity index (χ2v) is 11.3. The van der Waals surface area contributed by atoms with Crippen LogP contribution in [0.25, 0.3) is 16.7 Å². The van der Waals surface area contributed by atoms with Gasteiger partial charge in [0, 0.05) is 41.9 Å². The predicted molar refractivity (Wildman–Crippen MR) is 169 cm³/mol. The second-order valence-electron chi connectivity index (χ2n) is 11.3. The van der Waals surface area contributed by atoms with Crippen molar-refractivity contribution in [2.45, 2.75) is 38.8 Å². The summed E-state index contributed by atoms with van der Waals surface area (Å²) >= 11 is 0. The Morgan fingerprint density at radius 1 is 1.15 bits per heavy atom. The summed E-state index contributed by atoms with van der Waals surface area (Å²) < 4.78 is 53.9. The van der Waals surface area contributed by atoms with E-state index < -0.39 is 41.7 Å². The van der Waals surface area contributed by atoms with Crippen LogP contribution in [-0.2, 0) is 9.47 Å². The quantitative estimate of drug-likeness (QED) is 0.136. The van der Waals surface area contributed by atoms with E-state index in [0.29, 0.717) is 33.5 Å². The Morgan fingerprint density at radius 2 is 1.91 bits per heavy atom. The highest BCUT2D eigenvalue weighted by molar-refractivity contribution is 5.91. The fourth-order valence-electron chi connectivity index (χ4n) is 5.62. The van der Waals surface area contributed by atoms with Crippen molar-refractivity contribution < 1.29 is 37.3 Å². The molecule has 2 fully saturated rings. The van der Waals surface area contributed by atoms with Crippen LogP contribution in [0, 0.1) is 12.7 Å². The highest BCUT2D eigenvalue weighted by atomic mass is 19.1. The molecule has 0 spiro atoms. The Bertz CT molecular complexity index is 1740. The monoisotopic (exact) mass is 633 g/mol. The minimum atomic E-state index is -0.844. The summed E-state index contributed by atoms with van der Waals surface area (Å²) in [4.78, 5) is 33.3. The number of methoxy groups -OCH3 is 1. The van der Waals surface area contributed by atoms with Crippen molar-refractivity contribution in [2.24, 2.45) is 4.99 Å². The molecule has 8 nitrogen and oxygen atoms in total. The Kier molecular flexibility index (Phi) is 9.50. The van der Waals surface area contributed by atoms with E-state index in [0.717, 1.165) is 31.7 Å². The maximum Gasteiger partial charge on any atom is 0.411 e. The lowest BCUT2D eigenvalue weighted by Gasteiger charge is -2.29. The molecule has 46 heavy (non-hydrogen) atoms. The minimum Gasteiger partial charge on any atom is -0.507 e. The zero-order chi connectivity index (χ0) is 33.1. The molecular weight excluding hydrogens is 599 g/mol. The van der Waals surface area contributed by atoms with Crippen LogP contribution in [0.5, 0.6) is 5.75 Å². The number of hydrogen-bond donors (Lipinski definition) is 1. The van der Waals surface area contributed by atoms with Gasteiger partial charge in [0.2, 0.25) is 0 Å². The van der Waals surface area contributed by atoms with E-state index in [-0.39, 0.29) is 29.8 Å². The molecule has 2 aromatic carbocycles. The standard InChI is InChI=1S/C35H34F3N3O5/c1-5-26(29-16-28(30(38)17-32(29)42)27-10-8-23(13-20(27)2)34(43)45-4)31(39-19-40-11-6-12-40)18-41-21(3)33(46-35(41)44)22-7-9-24(36)15-25(37)14-22/h5,8-10,13-17,19,21,33,42H,1,6-7,11-12,18H2,2-4H3/b31-26+,39-19?. The molecule has 2 atom stereocenters. The largest absolute Gasteiger partial charge is 0.507 e. The van der Waals surface area contributed by atoms with Crippen molar-refractivity contribution >= 4 is 24.0 Å². The number of cyclic esters (lactones) is 1. The summed E-state index contributed by atoms with van der Waals surface area (Å²) in [6.45, 7) is 8.92. The normalized spacial score (nSPS) is 20.3. The first-order valence-corrected chi connectivity index (χ1v) is 14.8. The van der Waals surface area contributed by atoms with Crippen LogP contribution in [0.2, 0.25) is 0 Å². The lowest BCUT2D eigenvalue weighted by Crippen LogP contribution is -2.37. The number of allylic oxidation sites excluding steroid dienone is 7. The van der Waals surface area contributed by atoms with Gasteiger partial charge in [0.1, 0.15) is 29.3 Å². The highest BCUT2D eigenvalue weighted by Gasteiger charge is 2.41. The molecule has 1 aliphatic carbocycles. The van der Waals surface area contributed by atoms with Gasteiger partial charge in [-0.05, 0) is 73.7 Å². The summed E-state index contributed by atoms with van der Waals surface area (Å²) in [5, 5.41) is 11.0. The number of halogens is 3. The maximum absolute atomic E-state index is 15.4. The van der Waals surface area contributed by atoms with Gasteiger partial charge in [0.15, 0.2) is 0 Å². The third-order valence-electron chi connectivity index (χ3n) is 8.31. The second kappa shape index (κ2) is 13.5. The average molecular weight is 634 g/mol. The van der Waals surface area contributed by atoms with Gasteiger partial charge in [0.05, 0.1) is 37.3 Å². The number of benzene rings is 2. The lowest BCUT2D eigenvalue weighted by atomic mass is 9.93. The molecule has 240 valence electrons. The van der Waals surface area contributed by atoms with Gasteiger partial charge >= 0.3 is 12.1 Å². The first-order valence-electron chi connectivity index (χ1n) is 14.8. The molecule has 2 unspecified atom stereocenters. The van der Waals surface area contributed by atoms with Crippen molar-refractivity contribution in [1.82, 2.24) is 9.80 Å². The predicted octanol–water partition coefficient (Wildman–Crippen LogP) is 7.17. The number of likely N-dealkylation sites (tertiary alicyclic amines) is 1. The zero-order valence-corrected chi connectivity index (χ0v) is 25.7. The summed E-state index contributed by atoms with van der Waals surface area (Å²) in [7, 11) is 1.27. The van der Waals surface area contributed by atoms with Gasteiger partial charge in [-0.1, -0.05) is 18.7 Å². The van der Waals surface area contributed by atoms with Crippen LogP contribution >= 0.6 is 0 Å². The van der Waals surface area contributed by atoms with Gasteiger partial charge in [0.25, 0.3) is 0 Å². The molecule has 2 aliphatic heterocycles. The SMILES string of the molecule is C=C/C(=C(/CN1C(=O)OC(C2=CC(F)=CC(F)=CC2)C1C)N=CN1CCC1)c1cc(-c2ccc(C(=O)OC)cc2C)c(F)cc1O. The van der Waals surface area contributed by atoms with Crippen molar-refractivity contribution in [3.8, 4) is 16.9 Å². The van der Waals surface area contributed by atoms with Crippen LogP contribution in [0.3, 0.4) is 0 Å². The fourth-order valence-corrected chi connectivity index (χ4v) is 5.62. The number of rotatable bonds is 9. The van der Waals surface area contributed by atoms with E-state index in [1.807, 2.05) is 4.90 Å². The highest BCUT2D eigenvalue weighted by Crippen LogP contribution is 2.38. The van der Waals surface area contributed by atoms with E-state index >= 15 is 4.39 Å². The Morgan fingerprint density at radius 3 is 2.57 bits per heavy atom. The number of phenolic OH excluding ortho intramolecular Hbond substituents is 1. The number of nitrogens with zero attached hydrogens (tertiary/aromatic N) is 3. The molecule has 3 aliphatic rings. The van der Waals surface area contributed by atoms with Crippen LogP contribution < -0.4 is 0 Å². The fraction of sp³-hybridized carbons (Fsp3) is 0.286. The molecule has 0 radical (unpaired) electrons. The Balaban J connectivity index is 1.55. The number of ether oxygens (including phenoxy) is 2. The van der Waals surface area contributed by atoms with Crippen LogP contribution in [0.1, 0.15) is 41.3 Å². The van der Waals surface area contributed by atoms with Crippen molar-refractivity contribution in [2.75, 3.05) is 26.7 Å². The smallest absolute Gasteiger partial charge is 0.411 e. The Hall–Kier alpha value is -5.06. The van der Waals surface area contributed by atoms with E-state index in [2.05, 4.69) is 11.6 Å². The molecule has 5 rings (SSSR count). The van der Waals surface area contributed by atoms with Crippen LogP contribution in [0.15, 0.2) is 89.1 Å². The molecule has 1 amide bonds. The molecule has 0 bridgehead atoms. The van der Waals surface area contributed by atoms with Crippen molar-refractivity contribution in [3.05, 3.63) is 107 Å². The summed E-state index contributed by atoms with van der Waals surface area (Å²) in [6, 6.07) is 6.60. The number of aliphatic imine (C=N–C) groups is 1. The first-order chi connectivity index (χ1) is 22.0. The zero-order valence-electron chi connectivity index (χ0n) is 25.7.